The minimum Gasteiger partial charge on any atom is -0.465 e. The molecule has 1 atom stereocenters. The van der Waals surface area contributed by atoms with Crippen LogP contribution in [0.2, 0.25) is 0 Å². The van der Waals surface area contributed by atoms with Crippen molar-refractivity contribution in [2.75, 3.05) is 53.4 Å². The van der Waals surface area contributed by atoms with Crippen LogP contribution in [-0.4, -0.2) is 74.7 Å². The summed E-state index contributed by atoms with van der Waals surface area (Å²) in [5.41, 5.74) is -0.490. The number of likely N-dealkylation sites (tertiary alicyclic amines) is 1. The van der Waals surface area contributed by atoms with E-state index in [2.05, 4.69) is 22.0 Å². The first kappa shape index (κ1) is 17.4. The predicted octanol–water partition coefficient (Wildman–Crippen LogP) is 0.945. The Hall–Kier alpha value is -0.650. The van der Waals surface area contributed by atoms with Crippen LogP contribution in [0.15, 0.2) is 0 Å². The van der Waals surface area contributed by atoms with Crippen molar-refractivity contribution in [2.45, 2.75) is 38.6 Å². The van der Waals surface area contributed by atoms with Gasteiger partial charge in [0.25, 0.3) is 0 Å². The number of carbonyl (C=O) groups is 1. The quantitative estimate of drug-likeness (QED) is 0.706. The molecule has 0 aromatic carbocycles. The molecule has 1 heterocycles. The normalized spacial score (nSPS) is 24.6. The third-order valence-corrected chi connectivity index (χ3v) is 4.07. The molecule has 0 spiro atoms. The second-order valence-electron chi connectivity index (χ2n) is 5.82. The van der Waals surface area contributed by atoms with Crippen molar-refractivity contribution >= 4 is 5.97 Å². The number of hydrogen-bond acceptors (Lipinski definition) is 5. The highest BCUT2D eigenvalue weighted by Crippen LogP contribution is 2.24. The van der Waals surface area contributed by atoms with Crippen molar-refractivity contribution in [1.82, 2.24) is 15.1 Å². The first-order valence-electron chi connectivity index (χ1n) is 7.83. The van der Waals surface area contributed by atoms with Crippen LogP contribution in [0.25, 0.3) is 0 Å². The van der Waals surface area contributed by atoms with Crippen LogP contribution in [0.4, 0.5) is 0 Å². The van der Waals surface area contributed by atoms with Crippen LogP contribution >= 0.6 is 0 Å². The van der Waals surface area contributed by atoms with E-state index in [1.54, 1.807) is 0 Å². The van der Waals surface area contributed by atoms with Crippen molar-refractivity contribution in [2.24, 2.45) is 0 Å². The number of esters is 1. The predicted molar refractivity (Wildman–Crippen MR) is 81.9 cm³/mol. The standard InChI is InChI=1S/C15H31N3O2/c1-5-18-11-7-8-15(9-12-18,14(19)20-6-2)16-10-13-17(3)4/h16H,5-13H2,1-4H3. The van der Waals surface area contributed by atoms with Crippen LogP contribution in [-0.2, 0) is 9.53 Å². The summed E-state index contributed by atoms with van der Waals surface area (Å²) in [6.07, 6.45) is 2.75. The van der Waals surface area contributed by atoms with Crippen LogP contribution in [0, 0.1) is 0 Å². The highest BCUT2D eigenvalue weighted by atomic mass is 16.5. The van der Waals surface area contributed by atoms with Crippen LogP contribution in [0.3, 0.4) is 0 Å². The van der Waals surface area contributed by atoms with Gasteiger partial charge in [-0.25, -0.2) is 0 Å². The summed E-state index contributed by atoms with van der Waals surface area (Å²) >= 11 is 0. The molecule has 0 bridgehead atoms. The molecule has 1 aliphatic rings. The number of likely N-dealkylation sites (N-methyl/N-ethyl adjacent to an activating group) is 1. The van der Waals surface area contributed by atoms with Gasteiger partial charge in [0.1, 0.15) is 5.54 Å². The van der Waals surface area contributed by atoms with E-state index in [0.29, 0.717) is 6.61 Å². The lowest BCUT2D eigenvalue weighted by molar-refractivity contribution is -0.152. The monoisotopic (exact) mass is 285 g/mol. The fourth-order valence-electron chi connectivity index (χ4n) is 2.75. The molecule has 1 rings (SSSR count). The van der Waals surface area contributed by atoms with Gasteiger partial charge in [-0.3, -0.25) is 4.79 Å². The first-order valence-corrected chi connectivity index (χ1v) is 7.83. The van der Waals surface area contributed by atoms with Gasteiger partial charge in [0.05, 0.1) is 6.61 Å². The maximum atomic E-state index is 12.4. The topological polar surface area (TPSA) is 44.8 Å². The Morgan fingerprint density at radius 2 is 2.05 bits per heavy atom. The van der Waals surface area contributed by atoms with Crippen LogP contribution < -0.4 is 5.32 Å². The molecule has 1 saturated heterocycles. The van der Waals surface area contributed by atoms with Gasteiger partial charge in [-0.2, -0.15) is 0 Å². The molecule has 5 heteroatoms. The minimum atomic E-state index is -0.490. The summed E-state index contributed by atoms with van der Waals surface area (Å²) in [4.78, 5) is 17.0. The van der Waals surface area contributed by atoms with E-state index in [1.165, 1.54) is 0 Å². The molecular weight excluding hydrogens is 254 g/mol. The Bertz CT molecular complexity index is 297. The van der Waals surface area contributed by atoms with E-state index in [4.69, 9.17) is 4.74 Å². The molecule has 0 aromatic heterocycles. The highest BCUT2D eigenvalue weighted by Gasteiger charge is 2.40. The van der Waals surface area contributed by atoms with E-state index >= 15 is 0 Å². The molecule has 0 aliphatic carbocycles. The van der Waals surface area contributed by atoms with Gasteiger partial charge in [-0.15, -0.1) is 0 Å². The largest absolute Gasteiger partial charge is 0.465 e. The smallest absolute Gasteiger partial charge is 0.326 e. The zero-order valence-electron chi connectivity index (χ0n) is 13.6. The molecule has 0 saturated carbocycles. The molecular formula is C15H31N3O2. The number of nitrogens with zero attached hydrogens (tertiary/aromatic N) is 2. The molecule has 0 amide bonds. The molecule has 0 radical (unpaired) electrons. The lowest BCUT2D eigenvalue weighted by Gasteiger charge is -2.32. The van der Waals surface area contributed by atoms with E-state index in [-0.39, 0.29) is 5.97 Å². The maximum absolute atomic E-state index is 12.4. The van der Waals surface area contributed by atoms with Gasteiger partial charge in [0, 0.05) is 19.6 Å². The van der Waals surface area contributed by atoms with E-state index in [9.17, 15) is 4.79 Å². The van der Waals surface area contributed by atoms with Gasteiger partial charge in [-0.1, -0.05) is 6.92 Å². The van der Waals surface area contributed by atoms with Crippen molar-refractivity contribution in [3.8, 4) is 0 Å². The number of rotatable bonds is 7. The van der Waals surface area contributed by atoms with Gasteiger partial charge in [-0.05, 0) is 53.4 Å². The SMILES string of the molecule is CCOC(=O)C1(NCCN(C)C)CCCN(CC)CC1. The average molecular weight is 285 g/mol. The van der Waals surface area contributed by atoms with Crippen molar-refractivity contribution in [3.05, 3.63) is 0 Å². The summed E-state index contributed by atoms with van der Waals surface area (Å²) < 4.78 is 5.33. The fourth-order valence-corrected chi connectivity index (χ4v) is 2.75. The number of ether oxygens (including phenoxy) is 1. The molecule has 5 nitrogen and oxygen atoms in total. The molecule has 1 aliphatic heterocycles. The summed E-state index contributed by atoms with van der Waals surface area (Å²) in [7, 11) is 4.09. The molecule has 118 valence electrons. The molecule has 0 aromatic rings. The lowest BCUT2D eigenvalue weighted by atomic mass is 9.90. The van der Waals surface area contributed by atoms with E-state index < -0.39 is 5.54 Å². The molecule has 1 N–H and O–H groups in total. The van der Waals surface area contributed by atoms with Crippen LogP contribution in [0.1, 0.15) is 33.1 Å². The summed E-state index contributed by atoms with van der Waals surface area (Å²) in [5, 5.41) is 3.49. The molecule has 20 heavy (non-hydrogen) atoms. The van der Waals surface area contributed by atoms with Crippen molar-refractivity contribution in [1.29, 1.82) is 0 Å². The van der Waals surface area contributed by atoms with E-state index in [0.717, 1.165) is 52.0 Å². The van der Waals surface area contributed by atoms with Gasteiger partial charge in [0.15, 0.2) is 0 Å². The Morgan fingerprint density at radius 3 is 2.65 bits per heavy atom. The third kappa shape index (κ3) is 5.04. The first-order chi connectivity index (χ1) is 9.54. The van der Waals surface area contributed by atoms with Crippen molar-refractivity contribution < 1.29 is 9.53 Å². The molecule has 1 unspecified atom stereocenters. The maximum Gasteiger partial charge on any atom is 0.326 e. The third-order valence-electron chi connectivity index (χ3n) is 4.07. The second kappa shape index (κ2) is 8.60. The second-order valence-corrected chi connectivity index (χ2v) is 5.82. The van der Waals surface area contributed by atoms with Gasteiger partial charge >= 0.3 is 5.97 Å². The summed E-state index contributed by atoms with van der Waals surface area (Å²) in [5.74, 6) is -0.0725. The van der Waals surface area contributed by atoms with Crippen molar-refractivity contribution in [3.63, 3.8) is 0 Å². The highest BCUT2D eigenvalue weighted by molar-refractivity contribution is 5.81. The zero-order chi connectivity index (χ0) is 15.0. The zero-order valence-corrected chi connectivity index (χ0v) is 13.6. The van der Waals surface area contributed by atoms with Gasteiger partial charge in [0.2, 0.25) is 0 Å². The number of carbonyl (C=O) groups excluding carboxylic acids is 1. The minimum absolute atomic E-state index is 0.0725. The Kier molecular flexibility index (Phi) is 7.48. The van der Waals surface area contributed by atoms with Gasteiger partial charge < -0.3 is 19.9 Å². The fraction of sp³-hybridized carbons (Fsp3) is 0.933. The number of nitrogens with one attached hydrogen (secondary N) is 1. The Balaban J connectivity index is 2.70. The van der Waals surface area contributed by atoms with Crippen LogP contribution in [0.5, 0.6) is 0 Å². The Morgan fingerprint density at radius 1 is 1.30 bits per heavy atom. The summed E-state index contributed by atoms with van der Waals surface area (Å²) in [6.45, 7) is 9.34. The van der Waals surface area contributed by atoms with E-state index in [1.807, 2.05) is 21.0 Å². The average Bonchev–Trinajstić information content (AvgIpc) is 2.62. The summed E-state index contributed by atoms with van der Waals surface area (Å²) in [6, 6.07) is 0. The number of hydrogen-bond donors (Lipinski definition) is 1. The molecule has 1 fully saturated rings. The lowest BCUT2D eigenvalue weighted by Crippen LogP contribution is -2.55. The Labute approximate surface area is 123 Å².